The second kappa shape index (κ2) is 12.4. The minimum absolute atomic E-state index is 0.0616. The molecule has 0 atom stereocenters. The van der Waals surface area contributed by atoms with Gasteiger partial charge in [0.05, 0.1) is 28.0 Å². The molecule has 1 fully saturated rings. The van der Waals surface area contributed by atoms with Gasteiger partial charge in [0.15, 0.2) is 0 Å². The number of aliphatic carboxylic acids is 1. The summed E-state index contributed by atoms with van der Waals surface area (Å²) in [5, 5.41) is 11.6. The molecule has 0 aliphatic carbocycles. The van der Waals surface area contributed by atoms with E-state index < -0.39 is 23.0 Å². The highest BCUT2D eigenvalue weighted by molar-refractivity contribution is 7.99. The Morgan fingerprint density at radius 3 is 2.59 bits per heavy atom. The summed E-state index contributed by atoms with van der Waals surface area (Å²) >= 11 is 7.67. The first-order valence-electron chi connectivity index (χ1n) is 12.5. The number of ether oxygens (including phenoxy) is 1. The minimum Gasteiger partial charge on any atom is -0.497 e. The Morgan fingerprint density at radius 1 is 1.19 bits per heavy atom. The van der Waals surface area contributed by atoms with Gasteiger partial charge in [0.25, 0.3) is 0 Å². The van der Waals surface area contributed by atoms with E-state index in [0.29, 0.717) is 56.0 Å². The molecule has 1 saturated heterocycles. The van der Waals surface area contributed by atoms with Crippen LogP contribution >= 0.6 is 23.4 Å². The Balaban J connectivity index is 1.30. The van der Waals surface area contributed by atoms with Crippen molar-refractivity contribution in [3.63, 3.8) is 0 Å². The number of rotatable bonds is 11. The first-order chi connectivity index (χ1) is 17.8. The lowest BCUT2D eigenvalue weighted by Crippen LogP contribution is -2.44. The number of hydrogen-bond acceptors (Lipinski definition) is 5. The average molecular weight is 549 g/mol. The highest BCUT2D eigenvalue weighted by Crippen LogP contribution is 2.38. The number of carboxylic acids is 1. The van der Waals surface area contributed by atoms with Gasteiger partial charge in [-0.15, -0.1) is 11.8 Å². The van der Waals surface area contributed by atoms with Gasteiger partial charge in [-0.05, 0) is 99.8 Å². The Morgan fingerprint density at radius 2 is 1.92 bits per heavy atom. The lowest BCUT2D eigenvalue weighted by atomic mass is 9.74. The van der Waals surface area contributed by atoms with E-state index in [4.69, 9.17) is 16.3 Å². The number of fused-ring (bicyclic) bond motifs is 1. The number of carbonyl (C=O) groups is 1. The third-order valence-corrected chi connectivity index (χ3v) is 8.76. The normalized spacial score (nSPS) is 15.7. The first kappa shape index (κ1) is 27.6. The zero-order chi connectivity index (χ0) is 26.4. The quantitative estimate of drug-likeness (QED) is 0.209. The second-order valence-corrected chi connectivity index (χ2v) is 11.0. The fourth-order valence-corrected chi connectivity index (χ4v) is 6.18. The topological polar surface area (TPSA) is 62.7 Å². The minimum atomic E-state index is -0.755. The molecule has 0 unspecified atom stereocenters. The molecule has 0 radical (unpaired) electrons. The standard InChI is InChI=1S/C28H31ClF2N2O3S/c1-36-19-8-9-25-21(17-19)20(22(29)18-32-25)5-3-10-28(27(34)35)11-14-33(15-12-28)13-4-16-37-26-23(30)6-2-7-24(26)31/h2,6-9,17-18H,3-5,10-16H2,1H3,(H,34,35). The Hall–Kier alpha value is -2.42. The molecule has 0 spiro atoms. The average Bonchev–Trinajstić information content (AvgIpc) is 2.89. The Bertz CT molecular complexity index is 1230. The van der Waals surface area contributed by atoms with Crippen molar-refractivity contribution in [3.8, 4) is 5.75 Å². The summed E-state index contributed by atoms with van der Waals surface area (Å²) in [5.74, 6) is -0.484. The van der Waals surface area contributed by atoms with Crippen molar-refractivity contribution >= 4 is 40.2 Å². The molecule has 9 heteroatoms. The van der Waals surface area contributed by atoms with Gasteiger partial charge >= 0.3 is 5.97 Å². The van der Waals surface area contributed by atoms with Crippen molar-refractivity contribution in [2.45, 2.75) is 43.4 Å². The summed E-state index contributed by atoms with van der Waals surface area (Å²) in [6.45, 7) is 2.17. The number of likely N-dealkylation sites (tertiary alicyclic amines) is 1. The number of piperidine rings is 1. The van der Waals surface area contributed by atoms with Gasteiger partial charge in [-0.3, -0.25) is 9.78 Å². The van der Waals surface area contributed by atoms with E-state index in [-0.39, 0.29) is 4.90 Å². The fourth-order valence-electron chi connectivity index (χ4n) is 5.05. The molecule has 2 heterocycles. The molecule has 3 aromatic rings. The maximum atomic E-state index is 13.8. The molecular formula is C28H31ClF2N2O3S. The summed E-state index contributed by atoms with van der Waals surface area (Å²) in [7, 11) is 1.61. The van der Waals surface area contributed by atoms with E-state index in [1.807, 2.05) is 18.2 Å². The summed E-state index contributed by atoms with van der Waals surface area (Å²) in [5.41, 5.74) is 1.04. The molecule has 0 bridgehead atoms. The van der Waals surface area contributed by atoms with Gasteiger partial charge in [-0.25, -0.2) is 8.78 Å². The van der Waals surface area contributed by atoms with Gasteiger partial charge in [-0.1, -0.05) is 17.7 Å². The van der Waals surface area contributed by atoms with Gasteiger partial charge in [-0.2, -0.15) is 0 Å². The number of carboxylic acid groups (broad SMARTS) is 1. The molecule has 1 aromatic heterocycles. The van der Waals surface area contributed by atoms with Gasteiger partial charge in [0, 0.05) is 11.6 Å². The lowest BCUT2D eigenvalue weighted by Gasteiger charge is -2.39. The number of nitrogens with zero attached hydrogens (tertiary/aromatic N) is 2. The van der Waals surface area contributed by atoms with Crippen LogP contribution in [-0.2, 0) is 11.2 Å². The molecule has 4 rings (SSSR count). The number of benzene rings is 2. The number of pyridine rings is 1. The molecule has 2 aromatic carbocycles. The molecule has 1 N–H and O–H groups in total. The van der Waals surface area contributed by atoms with Crippen LogP contribution in [0.25, 0.3) is 10.9 Å². The van der Waals surface area contributed by atoms with E-state index in [1.165, 1.54) is 30.0 Å². The summed E-state index contributed by atoms with van der Waals surface area (Å²) in [6.07, 6.45) is 5.52. The number of aromatic nitrogens is 1. The Kier molecular flexibility index (Phi) is 9.27. The third kappa shape index (κ3) is 6.54. The van der Waals surface area contributed by atoms with Crippen molar-refractivity contribution in [2.24, 2.45) is 5.41 Å². The zero-order valence-electron chi connectivity index (χ0n) is 20.8. The number of halogens is 3. The summed E-state index contributed by atoms with van der Waals surface area (Å²) in [6, 6.07) is 9.58. The van der Waals surface area contributed by atoms with Crippen LogP contribution in [0.1, 0.15) is 37.7 Å². The SMILES string of the molecule is COc1ccc2ncc(Cl)c(CCCC3(C(=O)O)CCN(CCCSc4c(F)cccc4F)CC3)c2c1. The molecule has 0 saturated carbocycles. The van der Waals surface area contributed by atoms with Crippen LogP contribution < -0.4 is 4.74 Å². The molecule has 1 aliphatic heterocycles. The van der Waals surface area contributed by atoms with Crippen LogP contribution in [0.4, 0.5) is 8.78 Å². The molecule has 198 valence electrons. The van der Waals surface area contributed by atoms with Crippen LogP contribution in [-0.4, -0.2) is 53.5 Å². The van der Waals surface area contributed by atoms with E-state index in [0.717, 1.165) is 35.2 Å². The number of thioether (sulfide) groups is 1. The van der Waals surface area contributed by atoms with E-state index in [2.05, 4.69) is 9.88 Å². The second-order valence-electron chi connectivity index (χ2n) is 9.50. The van der Waals surface area contributed by atoms with Crippen molar-refractivity contribution in [3.05, 3.63) is 64.8 Å². The smallest absolute Gasteiger partial charge is 0.309 e. The van der Waals surface area contributed by atoms with Crippen molar-refractivity contribution in [1.82, 2.24) is 9.88 Å². The van der Waals surface area contributed by atoms with Gasteiger partial charge < -0.3 is 14.7 Å². The van der Waals surface area contributed by atoms with Gasteiger partial charge in [0.2, 0.25) is 0 Å². The van der Waals surface area contributed by atoms with Gasteiger partial charge in [0.1, 0.15) is 17.4 Å². The molecule has 5 nitrogen and oxygen atoms in total. The van der Waals surface area contributed by atoms with Crippen LogP contribution in [0.2, 0.25) is 5.02 Å². The largest absolute Gasteiger partial charge is 0.497 e. The van der Waals surface area contributed by atoms with E-state index in [9.17, 15) is 18.7 Å². The highest BCUT2D eigenvalue weighted by Gasteiger charge is 2.40. The van der Waals surface area contributed by atoms with Crippen molar-refractivity contribution < 1.29 is 23.4 Å². The van der Waals surface area contributed by atoms with E-state index >= 15 is 0 Å². The predicted octanol–water partition coefficient (Wildman–Crippen LogP) is 6.85. The highest BCUT2D eigenvalue weighted by atomic mass is 35.5. The number of hydrogen-bond donors (Lipinski definition) is 1. The third-order valence-electron chi connectivity index (χ3n) is 7.27. The van der Waals surface area contributed by atoms with Crippen LogP contribution in [0, 0.1) is 17.0 Å². The lowest BCUT2D eigenvalue weighted by molar-refractivity contribution is -0.152. The monoisotopic (exact) mass is 548 g/mol. The summed E-state index contributed by atoms with van der Waals surface area (Å²) in [4.78, 5) is 19.0. The van der Waals surface area contributed by atoms with E-state index in [1.54, 1.807) is 13.3 Å². The fraction of sp³-hybridized carbons (Fsp3) is 0.429. The number of methoxy groups -OCH3 is 1. The van der Waals surface area contributed by atoms with Crippen molar-refractivity contribution in [2.75, 3.05) is 32.5 Å². The molecule has 0 amide bonds. The Labute approximate surface area is 225 Å². The molecular weight excluding hydrogens is 518 g/mol. The number of aryl methyl sites for hydroxylation is 1. The molecule has 37 heavy (non-hydrogen) atoms. The predicted molar refractivity (Wildman–Crippen MR) is 144 cm³/mol. The van der Waals surface area contributed by atoms with Crippen molar-refractivity contribution in [1.29, 1.82) is 0 Å². The molecule has 1 aliphatic rings. The van der Waals surface area contributed by atoms with Crippen LogP contribution in [0.15, 0.2) is 47.5 Å². The maximum absolute atomic E-state index is 13.8. The van der Waals surface area contributed by atoms with Crippen LogP contribution in [0.5, 0.6) is 5.75 Å². The van der Waals surface area contributed by atoms with Crippen LogP contribution in [0.3, 0.4) is 0 Å². The maximum Gasteiger partial charge on any atom is 0.309 e. The zero-order valence-corrected chi connectivity index (χ0v) is 22.4. The first-order valence-corrected chi connectivity index (χ1v) is 13.8. The summed E-state index contributed by atoms with van der Waals surface area (Å²) < 4.78 is 32.9.